The Morgan fingerprint density at radius 3 is 2.19 bits per heavy atom. The summed E-state index contributed by atoms with van der Waals surface area (Å²) in [5, 5.41) is 18.7. The number of aromatic hydroxyl groups is 1. The number of nitrogens with zero attached hydrogens (tertiary/aromatic N) is 1. The number of phenolic OH excluding ortho intramolecular Hbond substituents is 1. The predicted octanol–water partition coefficient (Wildman–Crippen LogP) is 6.91. The summed E-state index contributed by atoms with van der Waals surface area (Å²) >= 11 is 0. The van der Waals surface area contributed by atoms with Gasteiger partial charge in [0.05, 0.1) is 0 Å². The van der Waals surface area contributed by atoms with Crippen molar-refractivity contribution in [3.63, 3.8) is 0 Å². The normalized spacial score (nSPS) is 11.8. The molecule has 0 heterocycles. The maximum absolute atomic E-state index is 10.2. The molecule has 0 saturated carbocycles. The van der Waals surface area contributed by atoms with Gasteiger partial charge in [-0.25, -0.2) is 0 Å². The molecule has 32 heavy (non-hydrogen) atoms. The standard InChI is InChI=1S/C28H33N3O/c1-19-12-14-22(15-13-19)31(7)27(18-20(2)28(4,5)6)30-21(3)29-25-16-17-26(32)24-11-9-8-10-23(24)25/h8-18,29-30,32H,2-3H2,1,4-7H3/b27-18-. The van der Waals surface area contributed by atoms with E-state index in [0.717, 1.165) is 33.5 Å². The number of anilines is 2. The summed E-state index contributed by atoms with van der Waals surface area (Å²) in [6.07, 6.45) is 2.06. The molecule has 0 fully saturated rings. The second-order valence-electron chi connectivity index (χ2n) is 9.11. The van der Waals surface area contributed by atoms with E-state index in [4.69, 9.17) is 0 Å². The van der Waals surface area contributed by atoms with Crippen molar-refractivity contribution in [3.05, 3.63) is 103 Å². The minimum Gasteiger partial charge on any atom is -0.507 e. The van der Waals surface area contributed by atoms with Crippen LogP contribution < -0.4 is 15.5 Å². The minimum atomic E-state index is -0.0665. The predicted molar refractivity (Wildman–Crippen MR) is 138 cm³/mol. The molecule has 0 bridgehead atoms. The lowest BCUT2D eigenvalue weighted by Crippen LogP contribution is -2.31. The van der Waals surface area contributed by atoms with Gasteiger partial charge >= 0.3 is 0 Å². The number of nitrogens with one attached hydrogen (secondary N) is 2. The van der Waals surface area contributed by atoms with Crippen LogP contribution in [0.2, 0.25) is 0 Å². The summed E-state index contributed by atoms with van der Waals surface area (Å²) < 4.78 is 0. The SMILES string of the molecule is C=C(N/C(=C/C(=C)C(C)(C)C)N(C)c1ccc(C)cc1)Nc1ccc(O)c2ccccc12. The van der Waals surface area contributed by atoms with Crippen molar-refractivity contribution >= 4 is 22.1 Å². The lowest BCUT2D eigenvalue weighted by atomic mass is 9.87. The van der Waals surface area contributed by atoms with E-state index in [9.17, 15) is 5.11 Å². The molecular formula is C28H33N3O. The summed E-state index contributed by atoms with van der Waals surface area (Å²) in [7, 11) is 2.02. The van der Waals surface area contributed by atoms with E-state index in [1.165, 1.54) is 5.56 Å². The molecule has 3 rings (SSSR count). The third-order valence-corrected chi connectivity index (χ3v) is 5.52. The van der Waals surface area contributed by atoms with E-state index in [0.29, 0.717) is 5.82 Å². The second kappa shape index (κ2) is 9.23. The Morgan fingerprint density at radius 2 is 1.56 bits per heavy atom. The number of allylic oxidation sites excluding steroid dienone is 2. The molecule has 0 unspecified atom stereocenters. The van der Waals surface area contributed by atoms with E-state index in [2.05, 4.69) is 86.7 Å². The first-order valence-electron chi connectivity index (χ1n) is 10.7. The highest BCUT2D eigenvalue weighted by atomic mass is 16.3. The molecule has 166 valence electrons. The van der Waals surface area contributed by atoms with E-state index in [1.807, 2.05) is 37.4 Å². The third kappa shape index (κ3) is 5.33. The molecule has 0 spiro atoms. The lowest BCUT2D eigenvalue weighted by Gasteiger charge is -2.28. The second-order valence-corrected chi connectivity index (χ2v) is 9.11. The molecule has 0 saturated heterocycles. The molecule has 0 atom stereocenters. The number of hydrogen-bond acceptors (Lipinski definition) is 4. The molecule has 4 heteroatoms. The molecule has 0 radical (unpaired) electrons. The zero-order chi connectivity index (χ0) is 23.5. The van der Waals surface area contributed by atoms with Gasteiger partial charge in [-0.3, -0.25) is 0 Å². The summed E-state index contributed by atoms with van der Waals surface area (Å²) in [6, 6.07) is 19.6. The van der Waals surface area contributed by atoms with Gasteiger partial charge in [-0.05, 0) is 48.3 Å². The van der Waals surface area contributed by atoms with Crippen molar-refractivity contribution in [2.45, 2.75) is 27.7 Å². The number of benzene rings is 3. The van der Waals surface area contributed by atoms with E-state index in [-0.39, 0.29) is 11.2 Å². The summed E-state index contributed by atoms with van der Waals surface area (Å²) in [6.45, 7) is 17.0. The van der Waals surface area contributed by atoms with Crippen molar-refractivity contribution in [3.8, 4) is 5.75 Å². The van der Waals surface area contributed by atoms with Gasteiger partial charge in [0.1, 0.15) is 17.4 Å². The van der Waals surface area contributed by atoms with Crippen molar-refractivity contribution in [2.24, 2.45) is 5.41 Å². The number of hydrogen-bond donors (Lipinski definition) is 3. The van der Waals surface area contributed by atoms with Gasteiger partial charge < -0.3 is 20.6 Å². The van der Waals surface area contributed by atoms with Crippen LogP contribution in [-0.2, 0) is 0 Å². The topological polar surface area (TPSA) is 47.5 Å². The molecule has 3 aromatic carbocycles. The summed E-state index contributed by atoms with van der Waals surface area (Å²) in [5.74, 6) is 1.73. The minimum absolute atomic E-state index is 0.0665. The van der Waals surface area contributed by atoms with Crippen LogP contribution in [0.25, 0.3) is 10.8 Å². The van der Waals surface area contributed by atoms with Gasteiger partial charge in [-0.2, -0.15) is 0 Å². The van der Waals surface area contributed by atoms with Crippen LogP contribution in [0.4, 0.5) is 11.4 Å². The highest BCUT2D eigenvalue weighted by Gasteiger charge is 2.16. The Morgan fingerprint density at radius 1 is 0.938 bits per heavy atom. The van der Waals surface area contributed by atoms with Crippen LogP contribution in [0.5, 0.6) is 5.75 Å². The largest absolute Gasteiger partial charge is 0.507 e. The Bertz CT molecular complexity index is 1170. The van der Waals surface area contributed by atoms with Crippen LogP contribution in [0.1, 0.15) is 26.3 Å². The first-order chi connectivity index (χ1) is 15.1. The average Bonchev–Trinajstić information content (AvgIpc) is 2.75. The molecule has 3 aromatic rings. The van der Waals surface area contributed by atoms with Gasteiger partial charge in [0.25, 0.3) is 0 Å². The molecule has 0 aromatic heterocycles. The zero-order valence-electron chi connectivity index (χ0n) is 19.7. The van der Waals surface area contributed by atoms with Crippen LogP contribution in [0, 0.1) is 12.3 Å². The third-order valence-electron chi connectivity index (χ3n) is 5.52. The number of phenols is 1. The first-order valence-corrected chi connectivity index (χ1v) is 10.7. The number of rotatable bonds is 7. The average molecular weight is 428 g/mol. The Hall–Kier alpha value is -3.66. The summed E-state index contributed by atoms with van der Waals surface area (Å²) in [4.78, 5) is 2.08. The van der Waals surface area contributed by atoms with Crippen molar-refractivity contribution in [1.29, 1.82) is 0 Å². The van der Waals surface area contributed by atoms with Crippen LogP contribution in [-0.4, -0.2) is 12.2 Å². The Balaban J connectivity index is 1.90. The smallest absolute Gasteiger partial charge is 0.123 e. The fraction of sp³-hybridized carbons (Fsp3) is 0.214. The van der Waals surface area contributed by atoms with E-state index >= 15 is 0 Å². The molecule has 4 nitrogen and oxygen atoms in total. The van der Waals surface area contributed by atoms with Gasteiger partial charge in [-0.15, -0.1) is 0 Å². The van der Waals surface area contributed by atoms with Gasteiger partial charge in [-0.1, -0.05) is 75.9 Å². The Labute approximate surface area is 191 Å². The van der Waals surface area contributed by atoms with Gasteiger partial charge in [0.2, 0.25) is 0 Å². The zero-order valence-corrected chi connectivity index (χ0v) is 19.7. The highest BCUT2D eigenvalue weighted by Crippen LogP contribution is 2.31. The molecule has 0 amide bonds. The molecule has 0 aliphatic heterocycles. The van der Waals surface area contributed by atoms with Gasteiger partial charge in [0.15, 0.2) is 0 Å². The van der Waals surface area contributed by atoms with Crippen LogP contribution in [0.15, 0.2) is 97.1 Å². The maximum Gasteiger partial charge on any atom is 0.123 e. The monoisotopic (exact) mass is 427 g/mol. The quantitative estimate of drug-likeness (QED) is 0.283. The summed E-state index contributed by atoms with van der Waals surface area (Å²) in [5.41, 5.74) is 4.07. The Kier molecular flexibility index (Phi) is 6.64. The molecule has 3 N–H and O–H groups in total. The number of fused-ring (bicyclic) bond motifs is 1. The van der Waals surface area contributed by atoms with E-state index in [1.54, 1.807) is 6.07 Å². The van der Waals surface area contributed by atoms with Crippen molar-refractivity contribution in [2.75, 3.05) is 17.3 Å². The van der Waals surface area contributed by atoms with Crippen LogP contribution >= 0.6 is 0 Å². The lowest BCUT2D eigenvalue weighted by molar-refractivity contribution is 0.481. The first kappa shape index (κ1) is 23.0. The highest BCUT2D eigenvalue weighted by molar-refractivity contribution is 5.98. The fourth-order valence-electron chi connectivity index (χ4n) is 3.25. The maximum atomic E-state index is 10.2. The van der Waals surface area contributed by atoms with Crippen molar-refractivity contribution in [1.82, 2.24) is 5.32 Å². The molecule has 0 aliphatic rings. The number of aryl methyl sites for hydroxylation is 1. The molecular weight excluding hydrogens is 394 g/mol. The van der Waals surface area contributed by atoms with Gasteiger partial charge in [0, 0.05) is 29.2 Å². The van der Waals surface area contributed by atoms with Crippen molar-refractivity contribution < 1.29 is 5.11 Å². The van der Waals surface area contributed by atoms with Crippen LogP contribution in [0.3, 0.4) is 0 Å². The molecule has 0 aliphatic carbocycles. The van der Waals surface area contributed by atoms with E-state index < -0.39 is 0 Å². The fourth-order valence-corrected chi connectivity index (χ4v) is 3.25.